The highest BCUT2D eigenvalue weighted by atomic mass is 35.5. The van der Waals surface area contributed by atoms with Crippen LogP contribution in [0.1, 0.15) is 25.5 Å². The minimum absolute atomic E-state index is 0.0602. The van der Waals surface area contributed by atoms with Gasteiger partial charge in [-0.1, -0.05) is 29.8 Å². The number of rotatable bonds is 4. The lowest BCUT2D eigenvalue weighted by molar-refractivity contribution is 0.598. The molecule has 20 heavy (non-hydrogen) atoms. The SMILES string of the molecule is CCn1ncc(NC(C)c2ccccc2F)c(Cl)c1=O. The molecule has 0 fully saturated rings. The molecule has 2 rings (SSSR count). The summed E-state index contributed by atoms with van der Waals surface area (Å²) in [5, 5.41) is 7.06. The molecule has 1 N–H and O–H groups in total. The zero-order valence-electron chi connectivity index (χ0n) is 11.2. The summed E-state index contributed by atoms with van der Waals surface area (Å²) in [4.78, 5) is 11.9. The van der Waals surface area contributed by atoms with Gasteiger partial charge in [-0.15, -0.1) is 0 Å². The second-order valence-electron chi connectivity index (χ2n) is 4.38. The van der Waals surface area contributed by atoms with Crippen LogP contribution in [0, 0.1) is 5.82 Å². The number of aryl methyl sites for hydroxylation is 1. The minimum Gasteiger partial charge on any atom is -0.376 e. The molecule has 6 heteroatoms. The molecule has 4 nitrogen and oxygen atoms in total. The molecule has 0 aliphatic carbocycles. The molecule has 0 aliphatic heterocycles. The summed E-state index contributed by atoms with van der Waals surface area (Å²) in [6.07, 6.45) is 1.48. The lowest BCUT2D eigenvalue weighted by atomic mass is 10.1. The average molecular weight is 296 g/mol. The Bertz CT molecular complexity index is 672. The van der Waals surface area contributed by atoms with E-state index in [-0.39, 0.29) is 22.4 Å². The largest absolute Gasteiger partial charge is 0.376 e. The Hall–Kier alpha value is -1.88. The Balaban J connectivity index is 2.29. The summed E-state index contributed by atoms with van der Waals surface area (Å²) in [6.45, 7) is 4.04. The van der Waals surface area contributed by atoms with Crippen molar-refractivity contribution in [2.75, 3.05) is 5.32 Å². The summed E-state index contributed by atoms with van der Waals surface area (Å²) in [6, 6.07) is 6.13. The maximum Gasteiger partial charge on any atom is 0.287 e. The van der Waals surface area contributed by atoms with Crippen molar-refractivity contribution in [3.05, 3.63) is 57.2 Å². The maximum atomic E-state index is 13.7. The molecule has 1 atom stereocenters. The Labute approximate surface area is 121 Å². The third-order valence-corrected chi connectivity index (χ3v) is 3.39. The van der Waals surface area contributed by atoms with Crippen molar-refractivity contribution in [3.63, 3.8) is 0 Å². The van der Waals surface area contributed by atoms with Crippen molar-refractivity contribution >= 4 is 17.3 Å². The number of nitrogens with one attached hydrogen (secondary N) is 1. The predicted octanol–water partition coefficient (Wildman–Crippen LogP) is 3.23. The van der Waals surface area contributed by atoms with Crippen LogP contribution in [0.3, 0.4) is 0 Å². The van der Waals surface area contributed by atoms with Gasteiger partial charge in [0.25, 0.3) is 5.56 Å². The third-order valence-electron chi connectivity index (χ3n) is 3.03. The van der Waals surface area contributed by atoms with Gasteiger partial charge >= 0.3 is 0 Å². The molecule has 2 aromatic rings. The van der Waals surface area contributed by atoms with Crippen LogP contribution < -0.4 is 10.9 Å². The van der Waals surface area contributed by atoms with E-state index in [1.54, 1.807) is 32.0 Å². The highest BCUT2D eigenvalue weighted by Crippen LogP contribution is 2.24. The Morgan fingerprint density at radius 3 is 2.80 bits per heavy atom. The summed E-state index contributed by atoms with van der Waals surface area (Å²) >= 11 is 6.02. The number of hydrogen-bond donors (Lipinski definition) is 1. The van der Waals surface area contributed by atoms with E-state index in [2.05, 4.69) is 10.4 Å². The molecule has 0 radical (unpaired) electrons. The molecule has 106 valence electrons. The molecule has 0 aliphatic rings. The first-order valence-electron chi connectivity index (χ1n) is 6.31. The molecule has 1 aromatic carbocycles. The van der Waals surface area contributed by atoms with Crippen LogP contribution in [0.15, 0.2) is 35.3 Å². The number of anilines is 1. The fourth-order valence-electron chi connectivity index (χ4n) is 1.93. The Morgan fingerprint density at radius 1 is 1.45 bits per heavy atom. The van der Waals surface area contributed by atoms with Crippen molar-refractivity contribution in [3.8, 4) is 0 Å². The van der Waals surface area contributed by atoms with Gasteiger partial charge in [0.2, 0.25) is 0 Å². The van der Waals surface area contributed by atoms with Gasteiger partial charge in [0.05, 0.1) is 17.9 Å². The Morgan fingerprint density at radius 2 is 2.15 bits per heavy atom. The average Bonchev–Trinajstić information content (AvgIpc) is 2.44. The van der Waals surface area contributed by atoms with E-state index < -0.39 is 0 Å². The first-order chi connectivity index (χ1) is 9.54. The molecule has 0 bridgehead atoms. The highest BCUT2D eigenvalue weighted by molar-refractivity contribution is 6.32. The zero-order valence-corrected chi connectivity index (χ0v) is 12.0. The van der Waals surface area contributed by atoms with E-state index in [0.717, 1.165) is 0 Å². The van der Waals surface area contributed by atoms with Crippen molar-refractivity contribution < 1.29 is 4.39 Å². The van der Waals surface area contributed by atoms with E-state index in [1.165, 1.54) is 16.9 Å². The van der Waals surface area contributed by atoms with E-state index in [4.69, 9.17) is 11.6 Å². The molecule has 0 saturated heterocycles. The third kappa shape index (κ3) is 2.82. The molecule has 1 heterocycles. The number of nitrogens with zero attached hydrogens (tertiary/aromatic N) is 2. The van der Waals surface area contributed by atoms with Crippen molar-refractivity contribution in [2.45, 2.75) is 26.4 Å². The smallest absolute Gasteiger partial charge is 0.287 e. The van der Waals surface area contributed by atoms with E-state index >= 15 is 0 Å². The van der Waals surface area contributed by atoms with E-state index in [0.29, 0.717) is 17.8 Å². The normalized spacial score (nSPS) is 12.2. The lowest BCUT2D eigenvalue weighted by Crippen LogP contribution is -2.24. The number of benzene rings is 1. The van der Waals surface area contributed by atoms with Crippen LogP contribution in [-0.2, 0) is 6.54 Å². The van der Waals surface area contributed by atoms with Crippen molar-refractivity contribution in [2.24, 2.45) is 0 Å². The quantitative estimate of drug-likeness (QED) is 0.942. The molecular formula is C14H15ClFN3O. The van der Waals surface area contributed by atoms with Gasteiger partial charge in [0.1, 0.15) is 10.8 Å². The monoisotopic (exact) mass is 295 g/mol. The van der Waals surface area contributed by atoms with Gasteiger partial charge in [-0.25, -0.2) is 9.07 Å². The minimum atomic E-state index is -0.361. The van der Waals surface area contributed by atoms with Crippen LogP contribution in [0.25, 0.3) is 0 Å². The maximum absolute atomic E-state index is 13.7. The van der Waals surface area contributed by atoms with Crippen LogP contribution in [-0.4, -0.2) is 9.78 Å². The van der Waals surface area contributed by atoms with Crippen molar-refractivity contribution in [1.82, 2.24) is 9.78 Å². The predicted molar refractivity (Wildman–Crippen MR) is 77.6 cm³/mol. The van der Waals surface area contributed by atoms with Gasteiger partial charge in [0, 0.05) is 12.1 Å². The lowest BCUT2D eigenvalue weighted by Gasteiger charge is -2.17. The highest BCUT2D eigenvalue weighted by Gasteiger charge is 2.14. The number of hydrogen-bond acceptors (Lipinski definition) is 3. The molecular weight excluding hydrogens is 281 g/mol. The summed E-state index contributed by atoms with van der Waals surface area (Å²) in [5.74, 6) is -0.307. The first kappa shape index (κ1) is 14.5. The fourth-order valence-corrected chi connectivity index (χ4v) is 2.13. The van der Waals surface area contributed by atoms with Gasteiger partial charge in [-0.05, 0) is 19.9 Å². The van der Waals surface area contributed by atoms with Gasteiger partial charge < -0.3 is 5.32 Å². The number of halogens is 2. The molecule has 1 aromatic heterocycles. The van der Waals surface area contributed by atoms with Gasteiger partial charge in [-0.3, -0.25) is 4.79 Å². The summed E-state index contributed by atoms with van der Waals surface area (Å²) in [5.41, 5.74) is 0.542. The molecule has 1 unspecified atom stereocenters. The van der Waals surface area contributed by atoms with Crippen LogP contribution in [0.4, 0.5) is 10.1 Å². The van der Waals surface area contributed by atoms with Crippen molar-refractivity contribution in [1.29, 1.82) is 0 Å². The molecule has 0 saturated carbocycles. The second kappa shape index (κ2) is 6.05. The topological polar surface area (TPSA) is 46.9 Å². The fraction of sp³-hybridized carbons (Fsp3) is 0.286. The van der Waals surface area contributed by atoms with Gasteiger partial charge in [0.15, 0.2) is 0 Å². The summed E-state index contributed by atoms with van der Waals surface area (Å²) in [7, 11) is 0. The molecule has 0 spiro atoms. The summed E-state index contributed by atoms with van der Waals surface area (Å²) < 4.78 is 15.0. The molecule has 0 amide bonds. The van der Waals surface area contributed by atoms with Gasteiger partial charge in [-0.2, -0.15) is 5.10 Å². The van der Waals surface area contributed by atoms with Crippen LogP contribution >= 0.6 is 11.6 Å². The van der Waals surface area contributed by atoms with E-state index in [1.807, 2.05) is 0 Å². The van der Waals surface area contributed by atoms with Crippen LogP contribution in [0.2, 0.25) is 5.02 Å². The number of aromatic nitrogens is 2. The van der Waals surface area contributed by atoms with Crippen LogP contribution in [0.5, 0.6) is 0 Å². The van der Waals surface area contributed by atoms with E-state index in [9.17, 15) is 9.18 Å². The first-order valence-corrected chi connectivity index (χ1v) is 6.69. The zero-order chi connectivity index (χ0) is 14.7. The second-order valence-corrected chi connectivity index (χ2v) is 4.76. The standard InChI is InChI=1S/C14H15ClFN3O/c1-3-19-14(20)13(15)12(8-17-19)18-9(2)10-6-4-5-7-11(10)16/h4-9,18H,3H2,1-2H3. The Kier molecular flexibility index (Phi) is 4.39.